The molecule has 3 rings (SSSR count). The third kappa shape index (κ3) is 2.83. The van der Waals surface area contributed by atoms with Gasteiger partial charge in [0.15, 0.2) is 0 Å². The van der Waals surface area contributed by atoms with Crippen LogP contribution in [0.4, 0.5) is 10.5 Å². The SMILES string of the molecule is O=C(CCl)N1CCC(N2Cc3ccccc3NC2=O)CC1. The molecule has 112 valence electrons. The lowest BCUT2D eigenvalue weighted by Gasteiger charge is -2.40. The number of anilines is 1. The lowest BCUT2D eigenvalue weighted by molar-refractivity contribution is -0.129. The summed E-state index contributed by atoms with van der Waals surface area (Å²) >= 11 is 5.58. The van der Waals surface area contributed by atoms with Crippen molar-refractivity contribution in [2.24, 2.45) is 0 Å². The first-order valence-electron chi connectivity index (χ1n) is 7.18. The number of carbonyl (C=O) groups is 2. The van der Waals surface area contributed by atoms with Gasteiger partial charge in [-0.25, -0.2) is 4.79 Å². The normalized spacial score (nSPS) is 19.2. The number of halogens is 1. The Kier molecular flexibility index (Phi) is 4.01. The number of urea groups is 1. The number of alkyl halides is 1. The summed E-state index contributed by atoms with van der Waals surface area (Å²) in [5, 5.41) is 2.94. The number of nitrogens with zero attached hydrogens (tertiary/aromatic N) is 2. The van der Waals surface area contributed by atoms with E-state index in [1.807, 2.05) is 29.2 Å². The Labute approximate surface area is 128 Å². The van der Waals surface area contributed by atoms with Gasteiger partial charge in [0.05, 0.1) is 0 Å². The molecule has 0 radical (unpaired) electrons. The van der Waals surface area contributed by atoms with Gasteiger partial charge in [0.25, 0.3) is 0 Å². The van der Waals surface area contributed by atoms with Gasteiger partial charge in [-0.1, -0.05) is 18.2 Å². The zero-order chi connectivity index (χ0) is 14.8. The fraction of sp³-hybridized carbons (Fsp3) is 0.467. The molecule has 5 nitrogen and oxygen atoms in total. The highest BCUT2D eigenvalue weighted by Gasteiger charge is 2.32. The Balaban J connectivity index is 1.66. The van der Waals surface area contributed by atoms with Crippen LogP contribution in [0, 0.1) is 0 Å². The van der Waals surface area contributed by atoms with E-state index in [0.717, 1.165) is 24.1 Å². The Hall–Kier alpha value is -1.75. The number of benzene rings is 1. The molecule has 2 heterocycles. The van der Waals surface area contributed by atoms with E-state index in [1.54, 1.807) is 4.90 Å². The van der Waals surface area contributed by atoms with Gasteiger partial charge >= 0.3 is 6.03 Å². The van der Waals surface area contributed by atoms with Crippen LogP contribution in [0.15, 0.2) is 24.3 Å². The maximum atomic E-state index is 12.2. The molecule has 1 aromatic rings. The largest absolute Gasteiger partial charge is 0.342 e. The number of para-hydroxylation sites is 1. The maximum Gasteiger partial charge on any atom is 0.322 e. The summed E-state index contributed by atoms with van der Waals surface area (Å²) in [7, 11) is 0. The van der Waals surface area contributed by atoms with E-state index in [4.69, 9.17) is 11.6 Å². The first-order valence-corrected chi connectivity index (χ1v) is 7.72. The minimum absolute atomic E-state index is 0.0245. The molecule has 1 saturated heterocycles. The average molecular weight is 308 g/mol. The summed E-state index contributed by atoms with van der Waals surface area (Å²) in [6.45, 7) is 1.97. The summed E-state index contributed by atoms with van der Waals surface area (Å²) in [6.07, 6.45) is 1.61. The second kappa shape index (κ2) is 5.93. The van der Waals surface area contributed by atoms with Gasteiger partial charge in [0, 0.05) is 31.4 Å². The Bertz CT molecular complexity index is 556. The average Bonchev–Trinajstić information content (AvgIpc) is 2.53. The van der Waals surface area contributed by atoms with Gasteiger partial charge in [-0.3, -0.25) is 4.79 Å². The second-order valence-electron chi connectivity index (χ2n) is 5.46. The number of hydrogen-bond donors (Lipinski definition) is 1. The van der Waals surface area contributed by atoms with Crippen LogP contribution >= 0.6 is 11.6 Å². The fourth-order valence-corrected chi connectivity index (χ4v) is 3.20. The van der Waals surface area contributed by atoms with E-state index in [0.29, 0.717) is 19.6 Å². The predicted molar refractivity (Wildman–Crippen MR) is 81.3 cm³/mol. The molecule has 0 aromatic heterocycles. The van der Waals surface area contributed by atoms with Crippen molar-refractivity contribution >= 4 is 29.2 Å². The lowest BCUT2D eigenvalue weighted by Crippen LogP contribution is -2.51. The third-order valence-corrected chi connectivity index (χ3v) is 4.46. The zero-order valence-electron chi connectivity index (χ0n) is 11.7. The van der Waals surface area contributed by atoms with Gasteiger partial charge in [-0.05, 0) is 24.5 Å². The van der Waals surface area contributed by atoms with Gasteiger partial charge in [0.1, 0.15) is 5.88 Å². The first-order chi connectivity index (χ1) is 10.2. The Morgan fingerprint density at radius 3 is 2.71 bits per heavy atom. The zero-order valence-corrected chi connectivity index (χ0v) is 12.5. The highest BCUT2D eigenvalue weighted by Crippen LogP contribution is 2.27. The van der Waals surface area contributed by atoms with E-state index >= 15 is 0 Å². The molecule has 0 aliphatic carbocycles. The van der Waals surface area contributed by atoms with Crippen LogP contribution in [0.2, 0.25) is 0 Å². The molecule has 1 fully saturated rings. The molecule has 0 saturated carbocycles. The van der Waals surface area contributed by atoms with Crippen LogP contribution in [0.5, 0.6) is 0 Å². The minimum atomic E-state index is -0.0455. The third-order valence-electron chi connectivity index (χ3n) is 4.23. The monoisotopic (exact) mass is 307 g/mol. The summed E-state index contributed by atoms with van der Waals surface area (Å²) < 4.78 is 0. The van der Waals surface area contributed by atoms with Crippen LogP contribution in [-0.2, 0) is 11.3 Å². The van der Waals surface area contributed by atoms with E-state index in [-0.39, 0.29) is 23.9 Å². The van der Waals surface area contributed by atoms with Crippen molar-refractivity contribution in [3.63, 3.8) is 0 Å². The van der Waals surface area contributed by atoms with E-state index < -0.39 is 0 Å². The molecule has 1 N–H and O–H groups in total. The van der Waals surface area contributed by atoms with Crippen molar-refractivity contribution in [1.29, 1.82) is 0 Å². The van der Waals surface area contributed by atoms with Crippen LogP contribution in [-0.4, -0.2) is 46.7 Å². The van der Waals surface area contributed by atoms with Gasteiger partial charge in [0.2, 0.25) is 5.91 Å². The van der Waals surface area contributed by atoms with Gasteiger partial charge < -0.3 is 15.1 Å². The number of likely N-dealkylation sites (tertiary alicyclic amines) is 1. The summed E-state index contributed by atoms with van der Waals surface area (Å²) in [4.78, 5) is 27.5. The molecule has 2 aliphatic rings. The molecular weight excluding hydrogens is 290 g/mol. The van der Waals surface area contributed by atoms with E-state index in [9.17, 15) is 9.59 Å². The summed E-state index contributed by atoms with van der Waals surface area (Å²) in [5.74, 6) is 0.00552. The van der Waals surface area contributed by atoms with Crippen LogP contribution < -0.4 is 5.32 Å². The molecule has 0 atom stereocenters. The number of nitrogens with one attached hydrogen (secondary N) is 1. The smallest absolute Gasteiger partial charge is 0.322 e. The molecule has 6 heteroatoms. The van der Waals surface area contributed by atoms with Crippen LogP contribution in [0.1, 0.15) is 18.4 Å². The summed E-state index contributed by atoms with van der Waals surface area (Å²) in [5.41, 5.74) is 2.03. The van der Waals surface area contributed by atoms with Crippen molar-refractivity contribution in [2.75, 3.05) is 24.3 Å². The molecule has 0 spiro atoms. The highest BCUT2D eigenvalue weighted by molar-refractivity contribution is 6.27. The number of fused-ring (bicyclic) bond motifs is 1. The van der Waals surface area contributed by atoms with Crippen molar-refractivity contribution in [1.82, 2.24) is 9.80 Å². The predicted octanol–water partition coefficient (Wildman–Crippen LogP) is 2.26. The molecular formula is C15H18ClN3O2. The van der Waals surface area contributed by atoms with Crippen molar-refractivity contribution < 1.29 is 9.59 Å². The molecule has 0 unspecified atom stereocenters. The Morgan fingerprint density at radius 1 is 1.29 bits per heavy atom. The second-order valence-corrected chi connectivity index (χ2v) is 5.73. The van der Waals surface area contributed by atoms with Crippen molar-refractivity contribution in [2.45, 2.75) is 25.4 Å². The number of piperidine rings is 1. The van der Waals surface area contributed by atoms with Crippen molar-refractivity contribution in [3.05, 3.63) is 29.8 Å². The van der Waals surface area contributed by atoms with E-state index in [1.165, 1.54) is 0 Å². The number of hydrogen-bond acceptors (Lipinski definition) is 2. The van der Waals surface area contributed by atoms with Gasteiger partial charge in [-0.2, -0.15) is 0 Å². The summed E-state index contributed by atoms with van der Waals surface area (Å²) in [6, 6.07) is 8.00. The van der Waals surface area contributed by atoms with Crippen LogP contribution in [0.25, 0.3) is 0 Å². The molecule has 21 heavy (non-hydrogen) atoms. The van der Waals surface area contributed by atoms with Crippen molar-refractivity contribution in [3.8, 4) is 0 Å². The highest BCUT2D eigenvalue weighted by atomic mass is 35.5. The number of rotatable bonds is 2. The fourth-order valence-electron chi connectivity index (χ4n) is 3.03. The molecule has 2 aliphatic heterocycles. The standard InChI is InChI=1S/C15H18ClN3O2/c16-9-14(20)18-7-5-12(6-8-18)19-10-11-3-1-2-4-13(11)17-15(19)21/h1-4,12H,5-10H2,(H,17,21). The lowest BCUT2D eigenvalue weighted by atomic mass is 10.0. The quantitative estimate of drug-likeness (QED) is 0.852. The topological polar surface area (TPSA) is 52.7 Å². The Morgan fingerprint density at radius 2 is 2.00 bits per heavy atom. The molecule has 3 amide bonds. The maximum absolute atomic E-state index is 12.2. The molecule has 1 aromatic carbocycles. The minimum Gasteiger partial charge on any atom is -0.342 e. The number of carbonyl (C=O) groups excluding carboxylic acids is 2. The van der Waals surface area contributed by atoms with E-state index in [2.05, 4.69) is 5.32 Å². The van der Waals surface area contributed by atoms with Gasteiger partial charge in [-0.15, -0.1) is 11.6 Å². The first kappa shape index (κ1) is 14.2. The molecule has 0 bridgehead atoms. The van der Waals surface area contributed by atoms with Crippen LogP contribution in [0.3, 0.4) is 0 Å². The number of amides is 3.